The number of rotatable bonds is 1. The smallest absolute Gasteiger partial charge is 0.261 e. The third-order valence-corrected chi connectivity index (χ3v) is 2.36. The van der Waals surface area contributed by atoms with E-state index in [1.54, 1.807) is 12.3 Å². The van der Waals surface area contributed by atoms with E-state index in [9.17, 15) is 9.90 Å². The van der Waals surface area contributed by atoms with Crippen LogP contribution in [0, 0.1) is 0 Å². The summed E-state index contributed by atoms with van der Waals surface area (Å²) in [6, 6.07) is 3.13. The Morgan fingerprint density at radius 3 is 2.87 bits per heavy atom. The van der Waals surface area contributed by atoms with E-state index in [1.165, 1.54) is 16.7 Å². The zero-order valence-electron chi connectivity index (χ0n) is 8.64. The highest BCUT2D eigenvalue weighted by molar-refractivity contribution is 5.52. The Bertz CT molecular complexity index is 558. The normalized spacial score (nSPS) is 11.1. The molecule has 4 nitrogen and oxygen atoms in total. The Labute approximate surface area is 86.8 Å². The van der Waals surface area contributed by atoms with Crippen molar-refractivity contribution >= 4 is 5.65 Å². The average molecular weight is 204 g/mol. The summed E-state index contributed by atoms with van der Waals surface area (Å²) in [7, 11) is 0. The van der Waals surface area contributed by atoms with Crippen LogP contribution in [0.15, 0.2) is 29.3 Å². The lowest BCUT2D eigenvalue weighted by molar-refractivity contribution is 0.476. The third kappa shape index (κ3) is 1.48. The van der Waals surface area contributed by atoms with E-state index < -0.39 is 0 Å². The van der Waals surface area contributed by atoms with E-state index in [1.807, 2.05) is 13.8 Å². The van der Waals surface area contributed by atoms with Gasteiger partial charge in [0, 0.05) is 18.0 Å². The average Bonchev–Trinajstić information content (AvgIpc) is 2.19. The second kappa shape index (κ2) is 3.38. The SMILES string of the molecule is CC(C)c1cnc2c(O)cccn2c1=O. The van der Waals surface area contributed by atoms with Crippen LogP contribution in [0.2, 0.25) is 0 Å². The van der Waals surface area contributed by atoms with Crippen molar-refractivity contribution in [2.45, 2.75) is 19.8 Å². The van der Waals surface area contributed by atoms with Gasteiger partial charge in [0.2, 0.25) is 0 Å². The first kappa shape index (κ1) is 9.71. The maximum atomic E-state index is 11.9. The van der Waals surface area contributed by atoms with Gasteiger partial charge in [0.1, 0.15) is 0 Å². The Kier molecular flexibility index (Phi) is 2.19. The fraction of sp³-hybridized carbons (Fsp3) is 0.273. The maximum absolute atomic E-state index is 11.9. The summed E-state index contributed by atoms with van der Waals surface area (Å²) in [5.74, 6) is 0.147. The molecule has 0 aromatic carbocycles. The molecule has 2 rings (SSSR count). The second-order valence-electron chi connectivity index (χ2n) is 3.76. The number of pyridine rings is 1. The summed E-state index contributed by atoms with van der Waals surface area (Å²) < 4.78 is 1.37. The predicted molar refractivity (Wildman–Crippen MR) is 57.2 cm³/mol. The maximum Gasteiger partial charge on any atom is 0.261 e. The minimum atomic E-state index is -0.120. The molecule has 0 fully saturated rings. The first-order chi connectivity index (χ1) is 7.11. The van der Waals surface area contributed by atoms with Gasteiger partial charge in [0.25, 0.3) is 5.56 Å². The van der Waals surface area contributed by atoms with Crippen molar-refractivity contribution < 1.29 is 5.11 Å². The molecule has 0 unspecified atom stereocenters. The molecular formula is C11H12N2O2. The number of hydrogen-bond donors (Lipinski definition) is 1. The number of aromatic nitrogens is 2. The van der Waals surface area contributed by atoms with Gasteiger partial charge in [0.05, 0.1) is 0 Å². The first-order valence-electron chi connectivity index (χ1n) is 4.80. The number of nitrogens with zero attached hydrogens (tertiary/aromatic N) is 2. The van der Waals surface area contributed by atoms with Gasteiger partial charge in [-0.1, -0.05) is 13.8 Å². The zero-order chi connectivity index (χ0) is 11.0. The van der Waals surface area contributed by atoms with Crippen molar-refractivity contribution in [3.63, 3.8) is 0 Å². The molecule has 15 heavy (non-hydrogen) atoms. The Hall–Kier alpha value is -1.84. The molecule has 0 atom stereocenters. The predicted octanol–water partition coefficient (Wildman–Crippen LogP) is 1.52. The summed E-state index contributed by atoms with van der Waals surface area (Å²) >= 11 is 0. The van der Waals surface area contributed by atoms with E-state index >= 15 is 0 Å². The fourth-order valence-electron chi connectivity index (χ4n) is 1.50. The Morgan fingerprint density at radius 1 is 1.47 bits per heavy atom. The van der Waals surface area contributed by atoms with Crippen LogP contribution in [-0.4, -0.2) is 14.5 Å². The van der Waals surface area contributed by atoms with Crippen molar-refractivity contribution in [3.05, 3.63) is 40.4 Å². The summed E-state index contributed by atoms with van der Waals surface area (Å²) in [6.07, 6.45) is 3.14. The lowest BCUT2D eigenvalue weighted by atomic mass is 10.1. The molecule has 0 bridgehead atoms. The third-order valence-electron chi connectivity index (χ3n) is 2.36. The van der Waals surface area contributed by atoms with E-state index in [0.29, 0.717) is 11.2 Å². The van der Waals surface area contributed by atoms with Crippen LogP contribution in [0.4, 0.5) is 0 Å². The minimum absolute atomic E-state index is 0.0184. The highest BCUT2D eigenvalue weighted by atomic mass is 16.3. The van der Waals surface area contributed by atoms with Gasteiger partial charge in [-0.2, -0.15) is 0 Å². The second-order valence-corrected chi connectivity index (χ2v) is 3.76. The zero-order valence-corrected chi connectivity index (χ0v) is 8.64. The first-order valence-corrected chi connectivity index (χ1v) is 4.80. The molecule has 2 heterocycles. The molecule has 0 radical (unpaired) electrons. The highest BCUT2D eigenvalue weighted by Crippen LogP contribution is 2.15. The van der Waals surface area contributed by atoms with Crippen LogP contribution in [0.5, 0.6) is 5.75 Å². The van der Waals surface area contributed by atoms with Crippen LogP contribution in [0.25, 0.3) is 5.65 Å². The lowest BCUT2D eigenvalue weighted by Gasteiger charge is -2.06. The van der Waals surface area contributed by atoms with Crippen LogP contribution in [0.1, 0.15) is 25.3 Å². The van der Waals surface area contributed by atoms with Crippen LogP contribution < -0.4 is 5.56 Å². The molecule has 0 aliphatic heterocycles. The van der Waals surface area contributed by atoms with Crippen LogP contribution >= 0.6 is 0 Å². The molecular weight excluding hydrogens is 192 g/mol. The Balaban J connectivity index is 2.86. The molecule has 0 saturated heterocycles. The molecule has 2 aromatic heterocycles. The van der Waals surface area contributed by atoms with Crippen molar-refractivity contribution in [3.8, 4) is 5.75 Å². The van der Waals surface area contributed by atoms with Crippen molar-refractivity contribution in [1.29, 1.82) is 0 Å². The van der Waals surface area contributed by atoms with Gasteiger partial charge in [-0.05, 0) is 18.1 Å². The van der Waals surface area contributed by atoms with Gasteiger partial charge >= 0.3 is 0 Å². The fourth-order valence-corrected chi connectivity index (χ4v) is 1.50. The summed E-state index contributed by atoms with van der Waals surface area (Å²) in [4.78, 5) is 16.0. The molecule has 0 aliphatic rings. The topological polar surface area (TPSA) is 54.6 Å². The van der Waals surface area contributed by atoms with E-state index in [-0.39, 0.29) is 17.2 Å². The van der Waals surface area contributed by atoms with Gasteiger partial charge in [0.15, 0.2) is 11.4 Å². The van der Waals surface area contributed by atoms with Crippen molar-refractivity contribution in [2.24, 2.45) is 0 Å². The molecule has 0 aliphatic carbocycles. The number of fused-ring (bicyclic) bond motifs is 1. The van der Waals surface area contributed by atoms with Crippen molar-refractivity contribution in [1.82, 2.24) is 9.38 Å². The van der Waals surface area contributed by atoms with Crippen LogP contribution in [-0.2, 0) is 0 Å². The monoisotopic (exact) mass is 204 g/mol. The molecule has 4 heteroatoms. The molecule has 2 aromatic rings. The van der Waals surface area contributed by atoms with E-state index in [4.69, 9.17) is 0 Å². The Morgan fingerprint density at radius 2 is 2.20 bits per heavy atom. The highest BCUT2D eigenvalue weighted by Gasteiger charge is 2.09. The molecule has 0 saturated carbocycles. The van der Waals surface area contributed by atoms with Gasteiger partial charge in [-0.3, -0.25) is 9.20 Å². The van der Waals surface area contributed by atoms with Gasteiger partial charge in [-0.15, -0.1) is 0 Å². The van der Waals surface area contributed by atoms with Gasteiger partial charge < -0.3 is 5.11 Å². The largest absolute Gasteiger partial charge is 0.504 e. The summed E-state index contributed by atoms with van der Waals surface area (Å²) in [6.45, 7) is 3.88. The summed E-state index contributed by atoms with van der Waals surface area (Å²) in [5.41, 5.74) is 0.830. The molecule has 1 N–H and O–H groups in total. The molecule has 0 spiro atoms. The number of aromatic hydroxyl groups is 1. The van der Waals surface area contributed by atoms with Crippen molar-refractivity contribution in [2.75, 3.05) is 0 Å². The lowest BCUT2D eigenvalue weighted by Crippen LogP contribution is -2.19. The molecule has 78 valence electrons. The van der Waals surface area contributed by atoms with Gasteiger partial charge in [-0.25, -0.2) is 4.98 Å². The number of hydrogen-bond acceptors (Lipinski definition) is 3. The minimum Gasteiger partial charge on any atom is -0.504 e. The van der Waals surface area contributed by atoms with E-state index in [2.05, 4.69) is 4.98 Å². The quantitative estimate of drug-likeness (QED) is 0.766. The summed E-state index contributed by atoms with van der Waals surface area (Å²) in [5, 5.41) is 9.50. The standard InChI is InChI=1S/C11H12N2O2/c1-7(2)8-6-12-10-9(14)4-3-5-13(10)11(8)15/h3-7,14H,1-2H3. The molecule has 0 amide bonds. The van der Waals surface area contributed by atoms with Crippen LogP contribution in [0.3, 0.4) is 0 Å². The van der Waals surface area contributed by atoms with E-state index in [0.717, 1.165) is 0 Å².